The van der Waals surface area contributed by atoms with Crippen molar-refractivity contribution in [3.8, 4) is 0 Å². The van der Waals surface area contributed by atoms with E-state index >= 15 is 0 Å². The van der Waals surface area contributed by atoms with Gasteiger partial charge >= 0.3 is 146 Å². The third kappa shape index (κ3) is 11.2. The minimum atomic E-state index is -2.19. The summed E-state index contributed by atoms with van der Waals surface area (Å²) in [6.07, 6.45) is 8.13. The average Bonchev–Trinajstić information content (AvgIpc) is 2.46. The summed E-state index contributed by atoms with van der Waals surface area (Å²) in [4.78, 5) is 0. The Kier molecular flexibility index (Phi) is 14.1. The van der Waals surface area contributed by atoms with Crippen molar-refractivity contribution >= 4 is 42.5 Å². The fourth-order valence-electron chi connectivity index (χ4n) is 2.47. The van der Waals surface area contributed by atoms with E-state index in [0.29, 0.717) is 5.92 Å². The molecule has 126 valence electrons. The second kappa shape index (κ2) is 13.5. The molecule has 0 saturated heterocycles. The molecule has 4 heteroatoms. The molecule has 0 radical (unpaired) electrons. The molecule has 0 bridgehead atoms. The van der Waals surface area contributed by atoms with Crippen LogP contribution in [-0.4, -0.2) is 28.0 Å². The summed E-state index contributed by atoms with van der Waals surface area (Å²) in [7, 11) is 2.07. The summed E-state index contributed by atoms with van der Waals surface area (Å²) in [5, 5.41) is 0. The quantitative estimate of drug-likeness (QED) is 0.239. The Morgan fingerprint density at radius 1 is 0.952 bits per heavy atom. The molecule has 0 fully saturated rings. The number of ether oxygens (including phenoxy) is 1. The van der Waals surface area contributed by atoms with Gasteiger partial charge in [-0.25, -0.2) is 0 Å². The van der Waals surface area contributed by atoms with Gasteiger partial charge in [0, 0.05) is 0 Å². The molecular formula is C17H36OS2Sn. The summed E-state index contributed by atoms with van der Waals surface area (Å²) in [5.41, 5.74) is 0. The van der Waals surface area contributed by atoms with E-state index < -0.39 is 17.0 Å². The Balaban J connectivity index is 4.72. The normalized spacial score (nSPS) is 11.9. The van der Waals surface area contributed by atoms with Crippen LogP contribution in [0, 0.1) is 5.92 Å². The molecule has 0 N–H and O–H groups in total. The van der Waals surface area contributed by atoms with Crippen LogP contribution in [0.5, 0.6) is 0 Å². The van der Waals surface area contributed by atoms with Gasteiger partial charge < -0.3 is 0 Å². The molecule has 0 unspecified atom stereocenters. The Morgan fingerprint density at radius 2 is 1.38 bits per heavy atom. The predicted molar refractivity (Wildman–Crippen MR) is 106 cm³/mol. The Labute approximate surface area is 145 Å². The van der Waals surface area contributed by atoms with E-state index in [9.17, 15) is 0 Å². The van der Waals surface area contributed by atoms with E-state index in [1.807, 2.05) is 0 Å². The van der Waals surface area contributed by atoms with Crippen LogP contribution < -0.4 is 0 Å². The van der Waals surface area contributed by atoms with Gasteiger partial charge in [0.1, 0.15) is 0 Å². The first kappa shape index (κ1) is 22.0. The molecule has 0 aromatic carbocycles. The summed E-state index contributed by atoms with van der Waals surface area (Å²) < 4.78 is 11.2. The van der Waals surface area contributed by atoms with Crippen molar-refractivity contribution in [2.24, 2.45) is 5.92 Å². The second-order valence-corrected chi connectivity index (χ2v) is 26.3. The fraction of sp³-hybridized carbons (Fsp3) is 0.941. The van der Waals surface area contributed by atoms with E-state index in [2.05, 4.69) is 43.6 Å². The predicted octanol–water partition coefficient (Wildman–Crippen LogP) is 7.02. The average molecular weight is 439 g/mol. The van der Waals surface area contributed by atoms with Crippen LogP contribution in [-0.2, 0) is 4.74 Å². The van der Waals surface area contributed by atoms with Crippen LogP contribution in [0.25, 0.3) is 0 Å². The number of hydrogen-bond donors (Lipinski definition) is 0. The maximum atomic E-state index is 5.85. The van der Waals surface area contributed by atoms with Gasteiger partial charge in [0.15, 0.2) is 0 Å². The molecule has 0 heterocycles. The summed E-state index contributed by atoms with van der Waals surface area (Å²) in [5.74, 6) is 0.565. The zero-order valence-corrected chi connectivity index (χ0v) is 19.4. The fourth-order valence-corrected chi connectivity index (χ4v) is 26.6. The summed E-state index contributed by atoms with van der Waals surface area (Å²) in [6.45, 7) is 12.1. The van der Waals surface area contributed by atoms with Crippen LogP contribution in [0.3, 0.4) is 0 Å². The molecule has 0 rings (SSSR count). The molecule has 0 atom stereocenters. The first-order valence-electron chi connectivity index (χ1n) is 8.85. The van der Waals surface area contributed by atoms with Gasteiger partial charge in [-0.05, 0) is 0 Å². The SMILES string of the molecule is CCC[CH2][Sn]([CH2]CCC)([CH2]CCC)[S]C(=S)OCC(C)C. The minimum absolute atomic E-state index is 0.565. The van der Waals surface area contributed by atoms with E-state index in [-0.39, 0.29) is 0 Å². The van der Waals surface area contributed by atoms with Crippen molar-refractivity contribution in [3.63, 3.8) is 0 Å². The Morgan fingerprint density at radius 3 is 1.71 bits per heavy atom. The first-order chi connectivity index (χ1) is 9.99. The molecule has 0 aliphatic rings. The van der Waals surface area contributed by atoms with Gasteiger partial charge in [0.2, 0.25) is 0 Å². The molecule has 0 amide bonds. The van der Waals surface area contributed by atoms with Crippen LogP contribution in [0.2, 0.25) is 13.3 Å². The van der Waals surface area contributed by atoms with Crippen molar-refractivity contribution in [3.05, 3.63) is 0 Å². The van der Waals surface area contributed by atoms with Crippen molar-refractivity contribution in [2.75, 3.05) is 6.61 Å². The number of hydrogen-bond acceptors (Lipinski definition) is 3. The van der Waals surface area contributed by atoms with E-state index in [1.165, 1.54) is 51.8 Å². The number of thiocarbonyl (C=S) groups is 1. The van der Waals surface area contributed by atoms with Crippen LogP contribution in [0.4, 0.5) is 0 Å². The molecular weight excluding hydrogens is 403 g/mol. The molecule has 0 aliphatic heterocycles. The van der Waals surface area contributed by atoms with Crippen LogP contribution >= 0.6 is 21.2 Å². The van der Waals surface area contributed by atoms with Crippen LogP contribution in [0.15, 0.2) is 0 Å². The van der Waals surface area contributed by atoms with Crippen molar-refractivity contribution in [1.29, 1.82) is 0 Å². The monoisotopic (exact) mass is 440 g/mol. The zero-order chi connectivity index (χ0) is 16.1. The number of unbranched alkanes of at least 4 members (excludes halogenated alkanes) is 3. The van der Waals surface area contributed by atoms with Gasteiger partial charge in [-0.1, -0.05) is 0 Å². The molecule has 0 aromatic rings. The van der Waals surface area contributed by atoms with Gasteiger partial charge in [0.25, 0.3) is 0 Å². The second-order valence-electron chi connectivity index (χ2n) is 6.55. The molecule has 0 saturated carbocycles. The van der Waals surface area contributed by atoms with Crippen molar-refractivity contribution in [1.82, 2.24) is 0 Å². The molecule has 0 spiro atoms. The molecule has 1 nitrogen and oxygen atoms in total. The molecule has 0 aliphatic carbocycles. The zero-order valence-electron chi connectivity index (χ0n) is 14.9. The Bertz CT molecular complexity index is 248. The third-order valence-corrected chi connectivity index (χ3v) is 26.4. The van der Waals surface area contributed by atoms with Gasteiger partial charge in [-0.3, -0.25) is 0 Å². The maximum absolute atomic E-state index is 5.85. The van der Waals surface area contributed by atoms with E-state index in [4.69, 9.17) is 17.0 Å². The van der Waals surface area contributed by atoms with E-state index in [0.717, 1.165) is 11.0 Å². The first-order valence-corrected chi connectivity index (χ1v) is 19.6. The third-order valence-electron chi connectivity index (χ3n) is 3.79. The molecule has 0 aromatic heterocycles. The molecule has 21 heavy (non-hydrogen) atoms. The topological polar surface area (TPSA) is 9.23 Å². The van der Waals surface area contributed by atoms with Crippen molar-refractivity contribution < 1.29 is 4.74 Å². The summed E-state index contributed by atoms with van der Waals surface area (Å²) >= 11 is 3.37. The van der Waals surface area contributed by atoms with E-state index in [1.54, 1.807) is 0 Å². The number of rotatable bonds is 12. The van der Waals surface area contributed by atoms with Gasteiger partial charge in [-0.2, -0.15) is 0 Å². The van der Waals surface area contributed by atoms with Crippen molar-refractivity contribution in [2.45, 2.75) is 86.5 Å². The van der Waals surface area contributed by atoms with Gasteiger partial charge in [-0.15, -0.1) is 0 Å². The Hall–Kier alpha value is 1.04. The summed E-state index contributed by atoms with van der Waals surface area (Å²) in [6, 6.07) is 0. The van der Waals surface area contributed by atoms with Crippen LogP contribution in [0.1, 0.15) is 73.1 Å². The standard InChI is InChI=1S/C5H10OS2.3C4H9.Sn/c1-4(2)3-6-5(7)8;3*1-3-4-2;/h4H,3H2,1-2H3,(H,7,8);3*1,3-4H2,2H3;/q;;;;+1/p-1. The van der Waals surface area contributed by atoms with Gasteiger partial charge in [0.05, 0.1) is 0 Å².